The summed E-state index contributed by atoms with van der Waals surface area (Å²) >= 11 is 0. The third-order valence-electron chi connectivity index (χ3n) is 6.20. The predicted octanol–water partition coefficient (Wildman–Crippen LogP) is 2.94. The second kappa shape index (κ2) is 9.36. The number of rotatable bonds is 7. The van der Waals surface area contributed by atoms with E-state index in [1.807, 2.05) is 31.2 Å². The number of pyridine rings is 1. The SMILES string of the molecule is CCOCCn1c(=O)c(NC2CCC(O)CC2)nc2cnc(-c3ccc4c(c3)OCO4)cc21. The number of hydrogen-bond acceptors (Lipinski definition) is 8. The summed E-state index contributed by atoms with van der Waals surface area (Å²) in [5, 5.41) is 13.1. The molecule has 3 aromatic rings. The summed E-state index contributed by atoms with van der Waals surface area (Å²) in [5.74, 6) is 1.71. The molecule has 0 atom stereocenters. The van der Waals surface area contributed by atoms with Crippen molar-refractivity contribution in [3.63, 3.8) is 0 Å². The van der Waals surface area contributed by atoms with Gasteiger partial charge in [0.2, 0.25) is 6.79 Å². The summed E-state index contributed by atoms with van der Waals surface area (Å²) in [5.41, 5.74) is 2.74. The maximum atomic E-state index is 13.4. The van der Waals surface area contributed by atoms with Crippen LogP contribution in [0.15, 0.2) is 35.3 Å². The van der Waals surface area contributed by atoms with Gasteiger partial charge in [-0.25, -0.2) is 4.98 Å². The molecule has 33 heavy (non-hydrogen) atoms. The average molecular weight is 453 g/mol. The highest BCUT2D eigenvalue weighted by Gasteiger charge is 2.22. The van der Waals surface area contributed by atoms with Gasteiger partial charge in [-0.15, -0.1) is 0 Å². The van der Waals surface area contributed by atoms with Gasteiger partial charge in [0.25, 0.3) is 5.56 Å². The quantitative estimate of drug-likeness (QED) is 0.527. The molecule has 2 aromatic heterocycles. The van der Waals surface area contributed by atoms with Crippen LogP contribution in [0.2, 0.25) is 0 Å². The van der Waals surface area contributed by atoms with Crippen molar-refractivity contribution < 1.29 is 19.3 Å². The van der Waals surface area contributed by atoms with Gasteiger partial charge in [0.15, 0.2) is 17.3 Å². The van der Waals surface area contributed by atoms with Crippen LogP contribution in [0.5, 0.6) is 11.5 Å². The first-order valence-corrected chi connectivity index (χ1v) is 11.5. The molecule has 2 N–H and O–H groups in total. The summed E-state index contributed by atoms with van der Waals surface area (Å²) in [7, 11) is 0. The minimum absolute atomic E-state index is 0.118. The molecule has 1 aliphatic heterocycles. The van der Waals surface area contributed by atoms with Gasteiger partial charge >= 0.3 is 0 Å². The highest BCUT2D eigenvalue weighted by atomic mass is 16.7. The third kappa shape index (κ3) is 4.51. The third-order valence-corrected chi connectivity index (χ3v) is 6.20. The molecule has 1 fully saturated rings. The van der Waals surface area contributed by atoms with Gasteiger partial charge in [0, 0.05) is 24.8 Å². The Kier molecular flexibility index (Phi) is 6.15. The number of benzene rings is 1. The van der Waals surface area contributed by atoms with Crippen LogP contribution in [0, 0.1) is 0 Å². The molecule has 0 unspecified atom stereocenters. The maximum Gasteiger partial charge on any atom is 0.293 e. The monoisotopic (exact) mass is 452 g/mol. The molecule has 0 spiro atoms. The number of fused-ring (bicyclic) bond motifs is 2. The van der Waals surface area contributed by atoms with E-state index in [1.54, 1.807) is 10.8 Å². The van der Waals surface area contributed by atoms with Crippen molar-refractivity contribution in [2.24, 2.45) is 0 Å². The molecular weight excluding hydrogens is 424 g/mol. The lowest BCUT2D eigenvalue weighted by atomic mass is 9.93. The Morgan fingerprint density at radius 1 is 1.18 bits per heavy atom. The number of aromatic nitrogens is 3. The van der Waals surface area contributed by atoms with Crippen molar-refractivity contribution in [1.29, 1.82) is 0 Å². The van der Waals surface area contributed by atoms with Crippen LogP contribution in [-0.4, -0.2) is 51.8 Å². The molecule has 0 amide bonds. The molecule has 9 heteroatoms. The van der Waals surface area contributed by atoms with E-state index in [9.17, 15) is 9.90 Å². The fourth-order valence-corrected chi connectivity index (χ4v) is 4.39. The summed E-state index contributed by atoms with van der Waals surface area (Å²) in [6.45, 7) is 3.55. The van der Waals surface area contributed by atoms with Gasteiger partial charge in [-0.1, -0.05) is 0 Å². The predicted molar refractivity (Wildman–Crippen MR) is 124 cm³/mol. The van der Waals surface area contributed by atoms with Crippen LogP contribution in [0.1, 0.15) is 32.6 Å². The lowest BCUT2D eigenvalue weighted by Crippen LogP contribution is -2.33. The minimum atomic E-state index is -0.255. The van der Waals surface area contributed by atoms with Crippen LogP contribution in [0.3, 0.4) is 0 Å². The van der Waals surface area contributed by atoms with Crippen molar-refractivity contribution in [3.05, 3.63) is 40.8 Å². The minimum Gasteiger partial charge on any atom is -0.454 e. The molecule has 2 aliphatic rings. The highest BCUT2D eigenvalue weighted by molar-refractivity contribution is 5.80. The summed E-state index contributed by atoms with van der Waals surface area (Å²) in [6.07, 6.45) is 4.51. The Morgan fingerprint density at radius 2 is 2.00 bits per heavy atom. The first-order chi connectivity index (χ1) is 16.1. The Bertz CT molecular complexity index is 1200. The standard InChI is InChI=1S/C24H28N4O5/c1-2-31-10-9-28-20-12-18(15-3-8-21-22(11-15)33-14-32-21)25-13-19(20)27-23(24(28)30)26-16-4-6-17(29)7-5-16/h3,8,11-13,16-17,29H,2,4-7,9-10,14H2,1H3,(H,26,27). The van der Waals surface area contributed by atoms with Gasteiger partial charge in [-0.3, -0.25) is 9.78 Å². The number of nitrogens with one attached hydrogen (secondary N) is 1. The van der Waals surface area contributed by atoms with Gasteiger partial charge < -0.3 is 29.2 Å². The molecule has 1 aliphatic carbocycles. The Labute approximate surface area is 191 Å². The van der Waals surface area contributed by atoms with Crippen LogP contribution in [-0.2, 0) is 11.3 Å². The van der Waals surface area contributed by atoms with E-state index in [-0.39, 0.29) is 24.5 Å². The van der Waals surface area contributed by atoms with E-state index in [2.05, 4.69) is 15.3 Å². The number of ether oxygens (including phenoxy) is 3. The fourth-order valence-electron chi connectivity index (χ4n) is 4.39. The molecule has 9 nitrogen and oxygen atoms in total. The largest absolute Gasteiger partial charge is 0.454 e. The highest BCUT2D eigenvalue weighted by Crippen LogP contribution is 2.35. The van der Waals surface area contributed by atoms with Crippen molar-refractivity contribution >= 4 is 16.9 Å². The lowest BCUT2D eigenvalue weighted by molar-refractivity contribution is 0.126. The number of anilines is 1. The normalized spacial score (nSPS) is 19.7. The number of aliphatic hydroxyl groups is 1. The molecule has 1 aromatic carbocycles. The first kappa shape index (κ1) is 21.7. The van der Waals surface area contributed by atoms with E-state index in [1.165, 1.54) is 0 Å². The molecule has 3 heterocycles. The number of hydrogen-bond donors (Lipinski definition) is 2. The number of nitrogens with zero attached hydrogens (tertiary/aromatic N) is 3. The van der Waals surface area contributed by atoms with E-state index in [0.29, 0.717) is 53.8 Å². The van der Waals surface area contributed by atoms with Crippen LogP contribution >= 0.6 is 0 Å². The van der Waals surface area contributed by atoms with Crippen LogP contribution < -0.4 is 20.3 Å². The lowest BCUT2D eigenvalue weighted by Gasteiger charge is -2.26. The summed E-state index contributed by atoms with van der Waals surface area (Å²) in [6, 6.07) is 7.67. The van der Waals surface area contributed by atoms with Gasteiger partial charge in [0.1, 0.15) is 5.52 Å². The van der Waals surface area contributed by atoms with Gasteiger partial charge in [-0.2, -0.15) is 0 Å². The van der Waals surface area contributed by atoms with E-state index < -0.39 is 0 Å². The summed E-state index contributed by atoms with van der Waals surface area (Å²) < 4.78 is 18.1. The van der Waals surface area contributed by atoms with Crippen molar-refractivity contribution in [2.75, 3.05) is 25.3 Å². The average Bonchev–Trinajstić information content (AvgIpc) is 3.30. The summed E-state index contributed by atoms with van der Waals surface area (Å²) in [4.78, 5) is 22.6. The Balaban J connectivity index is 1.52. The van der Waals surface area contributed by atoms with E-state index in [0.717, 1.165) is 31.2 Å². The van der Waals surface area contributed by atoms with Gasteiger partial charge in [0.05, 0.1) is 30.1 Å². The van der Waals surface area contributed by atoms with Crippen molar-refractivity contribution in [1.82, 2.24) is 14.5 Å². The van der Waals surface area contributed by atoms with Crippen LogP contribution in [0.25, 0.3) is 22.3 Å². The second-order valence-electron chi connectivity index (χ2n) is 8.39. The zero-order valence-corrected chi connectivity index (χ0v) is 18.6. The molecule has 0 saturated heterocycles. The number of aliphatic hydroxyl groups excluding tert-OH is 1. The molecular formula is C24H28N4O5. The molecule has 0 radical (unpaired) electrons. The zero-order valence-electron chi connectivity index (χ0n) is 18.6. The zero-order chi connectivity index (χ0) is 22.8. The molecule has 5 rings (SSSR count). The van der Waals surface area contributed by atoms with Gasteiger partial charge in [-0.05, 0) is 56.9 Å². The van der Waals surface area contributed by atoms with E-state index >= 15 is 0 Å². The maximum absolute atomic E-state index is 13.4. The fraction of sp³-hybridized carbons (Fsp3) is 0.458. The smallest absolute Gasteiger partial charge is 0.293 e. The van der Waals surface area contributed by atoms with E-state index in [4.69, 9.17) is 14.2 Å². The first-order valence-electron chi connectivity index (χ1n) is 11.5. The topological polar surface area (TPSA) is 108 Å². The Morgan fingerprint density at radius 3 is 2.82 bits per heavy atom. The van der Waals surface area contributed by atoms with Crippen molar-refractivity contribution in [3.8, 4) is 22.8 Å². The second-order valence-corrected chi connectivity index (χ2v) is 8.39. The van der Waals surface area contributed by atoms with Crippen molar-refractivity contribution in [2.45, 2.75) is 51.3 Å². The van der Waals surface area contributed by atoms with Crippen LogP contribution in [0.4, 0.5) is 5.82 Å². The Hall–Kier alpha value is -3.17. The molecule has 174 valence electrons. The molecule has 1 saturated carbocycles. The molecule has 0 bridgehead atoms.